The van der Waals surface area contributed by atoms with Crippen molar-refractivity contribution >= 4 is 23.6 Å². The van der Waals surface area contributed by atoms with Gasteiger partial charge < -0.3 is 10.0 Å². The van der Waals surface area contributed by atoms with Crippen LogP contribution in [-0.2, 0) is 9.59 Å². The van der Waals surface area contributed by atoms with Crippen LogP contribution in [0.4, 0.5) is 0 Å². The van der Waals surface area contributed by atoms with E-state index in [-0.39, 0.29) is 18.5 Å². The van der Waals surface area contributed by atoms with Crippen LogP contribution in [0.1, 0.15) is 24.8 Å². The Hall–Kier alpha value is -1.53. The molecule has 1 aliphatic heterocycles. The third-order valence-corrected chi connectivity index (χ3v) is 5.66. The predicted octanol–water partition coefficient (Wildman–Crippen LogP) is 2.48. The number of thioether (sulfide) groups is 1. The summed E-state index contributed by atoms with van der Waals surface area (Å²) in [6.45, 7) is 3.59. The number of hydrogen-bond acceptors (Lipinski definition) is 4. The van der Waals surface area contributed by atoms with Crippen molar-refractivity contribution in [3.05, 3.63) is 29.8 Å². The minimum Gasteiger partial charge on any atom is -0.480 e. The molecule has 1 aromatic carbocycles. The van der Waals surface area contributed by atoms with Gasteiger partial charge in [-0.25, -0.2) is 0 Å². The molecule has 1 aliphatic rings. The van der Waals surface area contributed by atoms with Gasteiger partial charge in [0.15, 0.2) is 0 Å². The molecule has 1 atom stereocenters. The average Bonchev–Trinajstić information content (AvgIpc) is 2.79. The van der Waals surface area contributed by atoms with E-state index < -0.39 is 5.97 Å². The van der Waals surface area contributed by atoms with Crippen LogP contribution in [0.3, 0.4) is 0 Å². The number of rotatable bonds is 6. The molecule has 0 bridgehead atoms. The van der Waals surface area contributed by atoms with Gasteiger partial charge in [-0.15, -0.1) is 11.8 Å². The average molecular weight is 350 g/mol. The SMILES string of the molecule is Cc1ccccc1SCC(=O)N1CCCC(N(C)CC(=O)O)CC1. The van der Waals surface area contributed by atoms with E-state index in [9.17, 15) is 9.59 Å². The molecule has 1 fully saturated rings. The van der Waals surface area contributed by atoms with Crippen molar-refractivity contribution in [3.63, 3.8) is 0 Å². The molecule has 1 N–H and O–H groups in total. The normalized spacial score (nSPS) is 18.5. The fourth-order valence-electron chi connectivity index (χ4n) is 3.06. The van der Waals surface area contributed by atoms with E-state index in [1.54, 1.807) is 11.8 Å². The Morgan fingerprint density at radius 2 is 2.04 bits per heavy atom. The number of amides is 1. The zero-order valence-corrected chi connectivity index (χ0v) is 15.2. The number of likely N-dealkylation sites (N-methyl/N-ethyl adjacent to an activating group) is 1. The molecule has 5 nitrogen and oxygen atoms in total. The Morgan fingerprint density at radius 1 is 1.29 bits per heavy atom. The summed E-state index contributed by atoms with van der Waals surface area (Å²) in [4.78, 5) is 28.3. The van der Waals surface area contributed by atoms with E-state index in [0.29, 0.717) is 12.3 Å². The summed E-state index contributed by atoms with van der Waals surface area (Å²) in [5.74, 6) is -0.172. The molecule has 1 saturated heterocycles. The first-order chi connectivity index (χ1) is 11.5. The van der Waals surface area contributed by atoms with Gasteiger partial charge >= 0.3 is 5.97 Å². The van der Waals surface area contributed by atoms with E-state index in [1.807, 2.05) is 35.0 Å². The summed E-state index contributed by atoms with van der Waals surface area (Å²) in [7, 11) is 1.85. The lowest BCUT2D eigenvalue weighted by molar-refractivity contribution is -0.138. The number of benzene rings is 1. The second-order valence-corrected chi connectivity index (χ2v) is 7.35. The molecule has 1 aromatic rings. The van der Waals surface area contributed by atoms with Gasteiger partial charge in [0.2, 0.25) is 5.91 Å². The minimum atomic E-state index is -0.802. The monoisotopic (exact) mass is 350 g/mol. The van der Waals surface area contributed by atoms with Gasteiger partial charge in [0, 0.05) is 24.0 Å². The Labute approximate surface area is 148 Å². The molecule has 24 heavy (non-hydrogen) atoms. The molecular formula is C18H26N2O3S. The molecule has 1 unspecified atom stereocenters. The summed E-state index contributed by atoms with van der Waals surface area (Å²) < 4.78 is 0. The number of nitrogens with zero attached hydrogens (tertiary/aromatic N) is 2. The number of aryl methyl sites for hydroxylation is 1. The standard InChI is InChI=1S/C18H26N2O3S/c1-14-6-3-4-8-16(14)24-13-17(21)20-10-5-7-15(9-11-20)19(2)12-18(22)23/h3-4,6,8,15H,5,7,9-13H2,1-2H3,(H,22,23). The summed E-state index contributed by atoms with van der Waals surface area (Å²) >= 11 is 1.59. The van der Waals surface area contributed by atoms with Crippen LogP contribution in [-0.4, -0.2) is 65.3 Å². The molecule has 0 aliphatic carbocycles. The summed E-state index contributed by atoms with van der Waals surface area (Å²) in [5.41, 5.74) is 1.20. The van der Waals surface area contributed by atoms with Crippen molar-refractivity contribution in [2.75, 3.05) is 32.4 Å². The second-order valence-electron chi connectivity index (χ2n) is 6.33. The summed E-state index contributed by atoms with van der Waals surface area (Å²) in [5, 5.41) is 8.92. The van der Waals surface area contributed by atoms with Crippen molar-refractivity contribution in [1.82, 2.24) is 9.80 Å². The van der Waals surface area contributed by atoms with Crippen LogP contribution in [0.5, 0.6) is 0 Å². The fourth-order valence-corrected chi connectivity index (χ4v) is 3.99. The topological polar surface area (TPSA) is 60.9 Å². The van der Waals surface area contributed by atoms with Crippen LogP contribution in [0.15, 0.2) is 29.2 Å². The van der Waals surface area contributed by atoms with E-state index in [0.717, 1.165) is 30.7 Å². The van der Waals surface area contributed by atoms with Gasteiger partial charge in [-0.3, -0.25) is 14.5 Å². The first-order valence-corrected chi connectivity index (χ1v) is 9.34. The number of carboxylic acid groups (broad SMARTS) is 1. The zero-order valence-electron chi connectivity index (χ0n) is 14.4. The van der Waals surface area contributed by atoms with Gasteiger partial charge in [-0.05, 0) is 44.9 Å². The Balaban J connectivity index is 1.83. The third kappa shape index (κ3) is 5.53. The molecule has 0 radical (unpaired) electrons. The maximum absolute atomic E-state index is 12.5. The molecule has 0 spiro atoms. The quantitative estimate of drug-likeness (QED) is 0.799. The highest BCUT2D eigenvalue weighted by molar-refractivity contribution is 8.00. The van der Waals surface area contributed by atoms with E-state index in [4.69, 9.17) is 5.11 Å². The van der Waals surface area contributed by atoms with Crippen LogP contribution >= 0.6 is 11.8 Å². The van der Waals surface area contributed by atoms with Crippen molar-refractivity contribution in [3.8, 4) is 0 Å². The molecule has 132 valence electrons. The molecular weight excluding hydrogens is 324 g/mol. The van der Waals surface area contributed by atoms with Gasteiger partial charge in [-0.1, -0.05) is 18.2 Å². The van der Waals surface area contributed by atoms with E-state index in [1.165, 1.54) is 5.56 Å². The number of likely N-dealkylation sites (tertiary alicyclic amines) is 1. The number of carbonyl (C=O) groups is 2. The molecule has 6 heteroatoms. The lowest BCUT2D eigenvalue weighted by atomic mass is 10.1. The van der Waals surface area contributed by atoms with Gasteiger partial charge in [-0.2, -0.15) is 0 Å². The van der Waals surface area contributed by atoms with Crippen LogP contribution in [0.2, 0.25) is 0 Å². The first-order valence-electron chi connectivity index (χ1n) is 8.35. The number of carbonyl (C=O) groups excluding carboxylic acids is 1. The number of aliphatic carboxylic acids is 1. The molecule has 2 rings (SSSR count). The van der Waals surface area contributed by atoms with Gasteiger partial charge in [0.1, 0.15) is 0 Å². The van der Waals surface area contributed by atoms with E-state index >= 15 is 0 Å². The molecule has 0 saturated carbocycles. The van der Waals surface area contributed by atoms with Crippen molar-refractivity contribution in [1.29, 1.82) is 0 Å². The lowest BCUT2D eigenvalue weighted by Crippen LogP contribution is -2.37. The molecule has 1 amide bonds. The van der Waals surface area contributed by atoms with Crippen molar-refractivity contribution < 1.29 is 14.7 Å². The Bertz CT molecular complexity index is 579. The van der Waals surface area contributed by atoms with Gasteiger partial charge in [0.25, 0.3) is 0 Å². The molecule has 0 aromatic heterocycles. The summed E-state index contributed by atoms with van der Waals surface area (Å²) in [6.07, 6.45) is 2.71. The number of hydrogen-bond donors (Lipinski definition) is 1. The summed E-state index contributed by atoms with van der Waals surface area (Å²) in [6, 6.07) is 8.34. The smallest absolute Gasteiger partial charge is 0.317 e. The van der Waals surface area contributed by atoms with Crippen LogP contribution < -0.4 is 0 Å². The molecule has 1 heterocycles. The zero-order chi connectivity index (χ0) is 17.5. The van der Waals surface area contributed by atoms with Crippen LogP contribution in [0.25, 0.3) is 0 Å². The van der Waals surface area contributed by atoms with Crippen molar-refractivity contribution in [2.24, 2.45) is 0 Å². The maximum atomic E-state index is 12.5. The lowest BCUT2D eigenvalue weighted by Gasteiger charge is -2.25. The Kier molecular flexibility index (Phi) is 7.12. The van der Waals surface area contributed by atoms with E-state index in [2.05, 4.69) is 13.0 Å². The maximum Gasteiger partial charge on any atom is 0.317 e. The third-order valence-electron chi connectivity index (χ3n) is 4.50. The largest absolute Gasteiger partial charge is 0.480 e. The second kappa shape index (κ2) is 9.08. The predicted molar refractivity (Wildman–Crippen MR) is 96.4 cm³/mol. The first kappa shape index (κ1) is 18.8. The highest BCUT2D eigenvalue weighted by Crippen LogP contribution is 2.23. The fraction of sp³-hybridized carbons (Fsp3) is 0.556. The minimum absolute atomic E-state index is 0.0573. The number of carboxylic acids is 1. The van der Waals surface area contributed by atoms with Crippen molar-refractivity contribution in [2.45, 2.75) is 37.1 Å². The Morgan fingerprint density at radius 3 is 2.75 bits per heavy atom. The highest BCUT2D eigenvalue weighted by Gasteiger charge is 2.24. The van der Waals surface area contributed by atoms with Gasteiger partial charge in [0.05, 0.1) is 12.3 Å². The van der Waals surface area contributed by atoms with Crippen LogP contribution in [0, 0.1) is 6.92 Å². The highest BCUT2D eigenvalue weighted by atomic mass is 32.2.